The van der Waals surface area contributed by atoms with Gasteiger partial charge in [-0.05, 0) is 27.2 Å². The number of hydrogen-bond donors (Lipinski definition) is 2. The van der Waals surface area contributed by atoms with E-state index in [0.717, 1.165) is 0 Å². The molecule has 1 heterocycles. The number of aliphatic hydroxyl groups excluding tert-OH is 1. The lowest BCUT2D eigenvalue weighted by molar-refractivity contribution is -0.159. The number of aliphatic hydroxyl groups is 1. The van der Waals surface area contributed by atoms with Crippen LogP contribution in [0.4, 0.5) is 0 Å². The molecule has 1 fully saturated rings. The van der Waals surface area contributed by atoms with Crippen LogP contribution in [-0.4, -0.2) is 40.9 Å². The fourth-order valence-corrected chi connectivity index (χ4v) is 1.68. The van der Waals surface area contributed by atoms with E-state index >= 15 is 0 Å². The van der Waals surface area contributed by atoms with E-state index in [-0.39, 0.29) is 36.9 Å². The van der Waals surface area contributed by atoms with Crippen molar-refractivity contribution in [2.45, 2.75) is 38.8 Å². The van der Waals surface area contributed by atoms with E-state index in [1.54, 1.807) is 0 Å². The molecule has 3 N–H and O–H groups in total. The second-order valence-electron chi connectivity index (χ2n) is 5.00. The van der Waals surface area contributed by atoms with Gasteiger partial charge in [0.05, 0.1) is 12.5 Å². The third-order valence-corrected chi connectivity index (χ3v) is 2.41. The monoisotopic (exact) mass is 252 g/mol. The zero-order valence-electron chi connectivity index (χ0n) is 9.97. The Bertz CT molecular complexity index is 243. The van der Waals surface area contributed by atoms with Crippen LogP contribution in [0.2, 0.25) is 0 Å². The minimum absolute atomic E-state index is 0. The maximum absolute atomic E-state index is 11.7. The molecule has 1 aliphatic heterocycles. The van der Waals surface area contributed by atoms with Gasteiger partial charge in [-0.2, -0.15) is 0 Å². The molecule has 96 valence electrons. The fourth-order valence-electron chi connectivity index (χ4n) is 1.68. The lowest BCUT2D eigenvalue weighted by atomic mass is 10.1. The van der Waals surface area contributed by atoms with Crippen LogP contribution < -0.4 is 5.84 Å². The van der Waals surface area contributed by atoms with Crippen LogP contribution in [0.1, 0.15) is 27.2 Å². The third kappa shape index (κ3) is 4.25. The number of rotatable bonds is 2. The number of hydrazine groups is 1. The summed E-state index contributed by atoms with van der Waals surface area (Å²) < 4.78 is 5.26. The Kier molecular flexibility index (Phi) is 5.69. The first-order valence-electron chi connectivity index (χ1n) is 5.18. The molecular formula is C10H21ClN2O3. The van der Waals surface area contributed by atoms with Crippen molar-refractivity contribution in [1.82, 2.24) is 5.01 Å². The largest absolute Gasteiger partial charge is 0.460 e. The van der Waals surface area contributed by atoms with Crippen molar-refractivity contribution in [3.05, 3.63) is 0 Å². The topological polar surface area (TPSA) is 75.8 Å². The van der Waals surface area contributed by atoms with E-state index in [9.17, 15) is 4.79 Å². The molecule has 0 aromatic rings. The summed E-state index contributed by atoms with van der Waals surface area (Å²) in [7, 11) is 0. The van der Waals surface area contributed by atoms with Crippen LogP contribution in [0, 0.1) is 5.92 Å². The van der Waals surface area contributed by atoms with Crippen molar-refractivity contribution in [1.29, 1.82) is 0 Å². The highest BCUT2D eigenvalue weighted by molar-refractivity contribution is 5.85. The highest BCUT2D eigenvalue weighted by Crippen LogP contribution is 2.23. The average Bonchev–Trinajstić information content (AvgIpc) is 2.43. The standard InChI is InChI=1S/C10H20N2O3.ClH/c1-10(2,3)15-9(14)7-4-8(6-13)12(11)5-7;/h7-8,13H,4-6,11H2,1-3H3;1H/t7-,8-;/m1./s1. The number of hydrogen-bond acceptors (Lipinski definition) is 5. The SMILES string of the molecule is CC(C)(C)OC(=O)[C@@H]1C[C@H](CO)N(N)C1.Cl. The summed E-state index contributed by atoms with van der Waals surface area (Å²) in [4.78, 5) is 11.7. The van der Waals surface area contributed by atoms with Crippen molar-refractivity contribution < 1.29 is 14.6 Å². The van der Waals surface area contributed by atoms with E-state index in [2.05, 4.69) is 0 Å². The summed E-state index contributed by atoms with van der Waals surface area (Å²) in [5.41, 5.74) is -0.464. The Labute approximate surface area is 102 Å². The summed E-state index contributed by atoms with van der Waals surface area (Å²) in [5, 5.41) is 10.5. The molecule has 0 bridgehead atoms. The molecule has 1 aliphatic rings. The molecule has 0 aliphatic carbocycles. The first-order valence-corrected chi connectivity index (χ1v) is 5.18. The Balaban J connectivity index is 0.00000225. The maximum atomic E-state index is 11.7. The van der Waals surface area contributed by atoms with Crippen molar-refractivity contribution in [3.8, 4) is 0 Å². The van der Waals surface area contributed by atoms with Crippen molar-refractivity contribution in [3.63, 3.8) is 0 Å². The number of nitrogens with two attached hydrogens (primary N) is 1. The number of nitrogens with zero attached hydrogens (tertiary/aromatic N) is 1. The minimum Gasteiger partial charge on any atom is -0.460 e. The van der Waals surface area contributed by atoms with E-state index in [4.69, 9.17) is 15.7 Å². The molecule has 2 atom stereocenters. The Morgan fingerprint density at radius 3 is 2.50 bits per heavy atom. The van der Waals surface area contributed by atoms with Crippen molar-refractivity contribution >= 4 is 18.4 Å². The predicted molar refractivity (Wildman–Crippen MR) is 63.0 cm³/mol. The van der Waals surface area contributed by atoms with Crippen molar-refractivity contribution in [2.75, 3.05) is 13.2 Å². The third-order valence-electron chi connectivity index (χ3n) is 2.41. The zero-order valence-corrected chi connectivity index (χ0v) is 10.8. The number of halogens is 1. The van der Waals surface area contributed by atoms with Crippen molar-refractivity contribution in [2.24, 2.45) is 11.8 Å². The predicted octanol–water partition coefficient (Wildman–Crippen LogP) is 0.306. The van der Waals surface area contributed by atoms with Gasteiger partial charge in [-0.15, -0.1) is 12.4 Å². The second kappa shape index (κ2) is 5.82. The van der Waals surface area contributed by atoms with Gasteiger partial charge in [0.15, 0.2) is 0 Å². The lowest BCUT2D eigenvalue weighted by Crippen LogP contribution is -2.38. The van der Waals surface area contributed by atoms with Gasteiger partial charge in [0.25, 0.3) is 0 Å². The summed E-state index contributed by atoms with van der Waals surface area (Å²) >= 11 is 0. The first kappa shape index (κ1) is 15.6. The molecule has 0 aromatic heterocycles. The molecule has 1 saturated heterocycles. The maximum Gasteiger partial charge on any atom is 0.310 e. The number of carbonyl (C=O) groups is 1. The van der Waals surface area contributed by atoms with Crippen LogP contribution in [0.25, 0.3) is 0 Å². The minimum atomic E-state index is -0.464. The van der Waals surface area contributed by atoms with E-state index in [1.807, 2.05) is 20.8 Å². The fraction of sp³-hybridized carbons (Fsp3) is 0.900. The number of esters is 1. The Hall–Kier alpha value is -0.360. The van der Waals surface area contributed by atoms with Gasteiger partial charge in [-0.25, -0.2) is 5.01 Å². The molecule has 0 radical (unpaired) electrons. The number of ether oxygens (including phenoxy) is 1. The van der Waals surface area contributed by atoms with Gasteiger partial charge in [0.1, 0.15) is 5.60 Å². The van der Waals surface area contributed by atoms with Crippen LogP contribution in [-0.2, 0) is 9.53 Å². The van der Waals surface area contributed by atoms with E-state index in [1.165, 1.54) is 5.01 Å². The molecule has 6 heteroatoms. The van der Waals surface area contributed by atoms with Crippen LogP contribution in [0.3, 0.4) is 0 Å². The van der Waals surface area contributed by atoms with E-state index < -0.39 is 5.60 Å². The smallest absolute Gasteiger partial charge is 0.310 e. The van der Waals surface area contributed by atoms with Gasteiger partial charge >= 0.3 is 5.97 Å². The molecular weight excluding hydrogens is 232 g/mol. The van der Waals surface area contributed by atoms with Gasteiger partial charge in [0.2, 0.25) is 0 Å². The van der Waals surface area contributed by atoms with Gasteiger partial charge in [-0.3, -0.25) is 10.6 Å². The Morgan fingerprint density at radius 2 is 2.12 bits per heavy atom. The molecule has 1 rings (SSSR count). The molecule has 0 saturated carbocycles. The van der Waals surface area contributed by atoms with Gasteiger partial charge in [-0.1, -0.05) is 0 Å². The number of carbonyl (C=O) groups excluding carboxylic acids is 1. The van der Waals surface area contributed by atoms with Crippen LogP contribution >= 0.6 is 12.4 Å². The van der Waals surface area contributed by atoms with Gasteiger partial charge in [0, 0.05) is 12.6 Å². The lowest BCUT2D eigenvalue weighted by Gasteiger charge is -2.21. The Morgan fingerprint density at radius 1 is 1.56 bits per heavy atom. The van der Waals surface area contributed by atoms with Crippen LogP contribution in [0.15, 0.2) is 0 Å². The molecule has 0 unspecified atom stereocenters. The summed E-state index contributed by atoms with van der Waals surface area (Å²) in [6.45, 7) is 5.95. The highest BCUT2D eigenvalue weighted by Gasteiger charge is 2.36. The summed E-state index contributed by atoms with van der Waals surface area (Å²) in [5.74, 6) is 5.20. The molecule has 0 aromatic carbocycles. The normalized spacial score (nSPS) is 26.3. The average molecular weight is 253 g/mol. The van der Waals surface area contributed by atoms with Crippen LogP contribution in [0.5, 0.6) is 0 Å². The quantitative estimate of drug-likeness (QED) is 0.546. The first-order chi connectivity index (χ1) is 6.83. The zero-order chi connectivity index (χ0) is 11.6. The summed E-state index contributed by atoms with van der Waals surface area (Å²) in [6, 6.07) is -0.123. The molecule has 16 heavy (non-hydrogen) atoms. The molecule has 0 spiro atoms. The van der Waals surface area contributed by atoms with E-state index in [0.29, 0.717) is 13.0 Å². The summed E-state index contributed by atoms with van der Waals surface area (Å²) in [6.07, 6.45) is 0.571. The highest BCUT2D eigenvalue weighted by atomic mass is 35.5. The second-order valence-corrected chi connectivity index (χ2v) is 5.00. The molecule has 5 nitrogen and oxygen atoms in total. The van der Waals surface area contributed by atoms with Gasteiger partial charge < -0.3 is 9.84 Å². The molecule has 0 amide bonds.